The van der Waals surface area contributed by atoms with Crippen molar-refractivity contribution in [3.8, 4) is 0 Å². The Kier molecular flexibility index (Phi) is 23.2. The molecule has 54 heavy (non-hydrogen) atoms. The number of hydrogen-bond acceptors (Lipinski definition) is 19. The fourth-order valence-corrected chi connectivity index (χ4v) is 7.68. The molecule has 3 aliphatic heterocycles. The first-order valence-electron chi connectivity index (χ1n) is 18.7. The molecule has 3 saturated heterocycles. The van der Waals surface area contributed by atoms with Crippen LogP contribution in [0.2, 0.25) is 0 Å². The van der Waals surface area contributed by atoms with Gasteiger partial charge in [-0.1, -0.05) is 0 Å². The van der Waals surface area contributed by atoms with Crippen LogP contribution in [0.3, 0.4) is 0 Å². The van der Waals surface area contributed by atoms with Gasteiger partial charge < -0.3 is 92.6 Å². The van der Waals surface area contributed by atoms with Gasteiger partial charge in [0.15, 0.2) is 18.9 Å². The monoisotopic (exact) mass is 790 g/mol. The zero-order chi connectivity index (χ0) is 39.5. The van der Waals surface area contributed by atoms with Crippen LogP contribution in [0.1, 0.15) is 12.8 Å². The van der Waals surface area contributed by atoms with Gasteiger partial charge in [0.05, 0.1) is 77.3 Å². The second-order valence-corrected chi connectivity index (χ2v) is 13.5. The summed E-state index contributed by atoms with van der Waals surface area (Å²) in [6.07, 6.45) is -9.34. The molecule has 0 radical (unpaired) electrons. The molecule has 0 spiro atoms. The number of rotatable bonds is 27. The minimum Gasteiger partial charge on any atom is -0.396 e. The quantitative estimate of drug-likeness (QED) is 0.0413. The lowest BCUT2D eigenvalue weighted by molar-refractivity contribution is -0.380. The molecule has 0 aromatic rings. The van der Waals surface area contributed by atoms with Crippen LogP contribution in [0.15, 0.2) is 0 Å². The molecule has 3 aliphatic rings. The summed E-state index contributed by atoms with van der Waals surface area (Å²) in [6, 6.07) is 0. The molecule has 3 fully saturated rings. The first-order valence-corrected chi connectivity index (χ1v) is 18.7. The largest absolute Gasteiger partial charge is 0.396 e. The molecule has 0 aromatic carbocycles. The van der Waals surface area contributed by atoms with E-state index in [1.165, 1.54) is 21.3 Å². The third-order valence-corrected chi connectivity index (χ3v) is 10.5. The van der Waals surface area contributed by atoms with Crippen LogP contribution in [0.5, 0.6) is 0 Å². The molecule has 0 bridgehead atoms. The highest BCUT2D eigenvalue weighted by molar-refractivity contribution is 4.97. The van der Waals surface area contributed by atoms with Crippen molar-refractivity contribution in [2.75, 3.05) is 121 Å². The van der Waals surface area contributed by atoms with E-state index in [1.807, 2.05) is 0 Å². The molecule has 6 unspecified atom stereocenters. The standard InChI is InChI=1S/C35H66O19/c1-43-9-10-47-11-12-48-13-14-49-33-31(24(18-41)22(16-39)26(50-33)5-7-36)54-35-32(46-4)29(25(19-42)28(52-35)20-44-2)53-34-30(45-3)23(17-40)21(15-38)27(51-34)6-8-37/h21-42H,5-20H2,1-4H3/t21-,22-,23+,24+,25+,26?,27?,28?,29+,30?,31?,32?,33-,34+,35+/m1/s1. The Labute approximate surface area is 317 Å². The second kappa shape index (κ2) is 26.3. The van der Waals surface area contributed by atoms with Gasteiger partial charge in [-0.05, 0) is 12.8 Å². The molecule has 0 saturated carbocycles. The second-order valence-electron chi connectivity index (χ2n) is 13.5. The third-order valence-electron chi connectivity index (χ3n) is 10.5. The zero-order valence-electron chi connectivity index (χ0n) is 32.0. The molecule has 3 heterocycles. The lowest BCUT2D eigenvalue weighted by Gasteiger charge is -2.51. The maximum absolute atomic E-state index is 10.7. The van der Waals surface area contributed by atoms with Crippen molar-refractivity contribution in [1.29, 1.82) is 0 Å². The molecule has 320 valence electrons. The van der Waals surface area contributed by atoms with Gasteiger partial charge in [0.2, 0.25) is 0 Å². The van der Waals surface area contributed by atoms with Crippen LogP contribution in [0, 0.1) is 29.6 Å². The Morgan fingerprint density at radius 3 is 1.39 bits per heavy atom. The van der Waals surface area contributed by atoms with Gasteiger partial charge in [-0.2, -0.15) is 0 Å². The molecule has 19 heteroatoms. The van der Waals surface area contributed by atoms with Crippen molar-refractivity contribution in [2.45, 2.75) is 74.4 Å². The minimum atomic E-state index is -1.25. The van der Waals surface area contributed by atoms with Crippen LogP contribution >= 0.6 is 0 Å². The molecular formula is C35H66O19. The molecule has 7 N–H and O–H groups in total. The van der Waals surface area contributed by atoms with E-state index in [-0.39, 0.29) is 65.7 Å². The Balaban J connectivity index is 1.90. The third kappa shape index (κ3) is 12.6. The molecule has 0 aliphatic carbocycles. The van der Waals surface area contributed by atoms with E-state index in [0.29, 0.717) is 26.4 Å². The van der Waals surface area contributed by atoms with Crippen molar-refractivity contribution >= 4 is 0 Å². The Morgan fingerprint density at radius 2 is 0.889 bits per heavy atom. The summed E-state index contributed by atoms with van der Waals surface area (Å²) in [7, 11) is 5.90. The van der Waals surface area contributed by atoms with Crippen molar-refractivity contribution in [2.24, 2.45) is 29.6 Å². The fraction of sp³-hybridized carbons (Fsp3) is 1.00. The SMILES string of the molecule is COCCOCCOCCO[C@@H]1OC(CCO)[C@H](CO)[C@H](CO)C1O[C@@H]1OC(COC)[C@H](CO)[C@H](O[C@@H]2OC(CCO)[C@H](CO)[C@H](CO)C2OC)C1OC. The van der Waals surface area contributed by atoms with E-state index >= 15 is 0 Å². The number of aliphatic hydroxyl groups is 7. The summed E-state index contributed by atoms with van der Waals surface area (Å²) in [5.74, 6) is -3.34. The van der Waals surface area contributed by atoms with Crippen LogP contribution in [0.4, 0.5) is 0 Å². The molecule has 3 rings (SSSR count). The maximum Gasteiger partial charge on any atom is 0.187 e. The highest BCUT2D eigenvalue weighted by Crippen LogP contribution is 2.41. The predicted molar refractivity (Wildman–Crippen MR) is 185 cm³/mol. The smallest absolute Gasteiger partial charge is 0.187 e. The number of methoxy groups -OCH3 is 4. The van der Waals surface area contributed by atoms with Crippen molar-refractivity contribution < 1.29 is 92.6 Å². The van der Waals surface area contributed by atoms with Gasteiger partial charge >= 0.3 is 0 Å². The summed E-state index contributed by atoms with van der Waals surface area (Å²) >= 11 is 0. The highest BCUT2D eigenvalue weighted by Gasteiger charge is 2.55. The van der Waals surface area contributed by atoms with Crippen LogP contribution < -0.4 is 0 Å². The van der Waals surface area contributed by atoms with E-state index in [2.05, 4.69) is 0 Å². The molecular weight excluding hydrogens is 724 g/mol. The number of hydrogen-bond donors (Lipinski definition) is 7. The average molecular weight is 791 g/mol. The van der Waals surface area contributed by atoms with E-state index in [4.69, 9.17) is 56.8 Å². The molecule has 15 atom stereocenters. The first kappa shape index (κ1) is 47.6. The van der Waals surface area contributed by atoms with Crippen LogP contribution in [-0.4, -0.2) is 218 Å². The summed E-state index contributed by atoms with van der Waals surface area (Å²) in [5, 5.41) is 71.9. The zero-order valence-corrected chi connectivity index (χ0v) is 32.0. The minimum absolute atomic E-state index is 0.00842. The number of ether oxygens (including phenoxy) is 12. The van der Waals surface area contributed by atoms with Crippen molar-refractivity contribution in [3.63, 3.8) is 0 Å². The normalized spacial score (nSPS) is 37.5. The Hall–Kier alpha value is -0.760. The van der Waals surface area contributed by atoms with Crippen molar-refractivity contribution in [1.82, 2.24) is 0 Å². The average Bonchev–Trinajstić information content (AvgIpc) is 3.17. The van der Waals surface area contributed by atoms with E-state index in [0.717, 1.165) is 0 Å². The lowest BCUT2D eigenvalue weighted by atomic mass is 9.80. The van der Waals surface area contributed by atoms with E-state index in [9.17, 15) is 35.7 Å². The van der Waals surface area contributed by atoms with Gasteiger partial charge in [-0.15, -0.1) is 0 Å². The number of aliphatic hydroxyl groups excluding tert-OH is 7. The summed E-state index contributed by atoms with van der Waals surface area (Å²) < 4.78 is 71.5. The van der Waals surface area contributed by atoms with Crippen molar-refractivity contribution in [3.05, 3.63) is 0 Å². The molecule has 0 aromatic heterocycles. The Bertz CT molecular complexity index is 954. The van der Waals surface area contributed by atoms with Gasteiger partial charge in [0.1, 0.15) is 18.3 Å². The van der Waals surface area contributed by atoms with E-state index in [1.54, 1.807) is 7.11 Å². The van der Waals surface area contributed by atoms with Gasteiger partial charge in [0, 0.05) is 97.7 Å². The summed E-state index contributed by atoms with van der Waals surface area (Å²) in [4.78, 5) is 0. The van der Waals surface area contributed by atoms with Crippen LogP contribution in [-0.2, 0) is 56.8 Å². The van der Waals surface area contributed by atoms with Gasteiger partial charge in [-0.25, -0.2) is 0 Å². The summed E-state index contributed by atoms with van der Waals surface area (Å²) in [6.45, 7) is -0.587. The molecule has 0 amide bonds. The highest BCUT2D eigenvalue weighted by atomic mass is 16.8. The van der Waals surface area contributed by atoms with Gasteiger partial charge in [-0.3, -0.25) is 0 Å². The van der Waals surface area contributed by atoms with Crippen LogP contribution in [0.25, 0.3) is 0 Å². The maximum atomic E-state index is 10.7. The van der Waals surface area contributed by atoms with E-state index < -0.39 is 104 Å². The Morgan fingerprint density at radius 1 is 0.426 bits per heavy atom. The summed E-state index contributed by atoms with van der Waals surface area (Å²) in [5.41, 5.74) is 0. The molecule has 19 nitrogen and oxygen atoms in total. The predicted octanol–water partition coefficient (Wildman–Crippen LogP) is -2.89. The first-order chi connectivity index (χ1) is 26.4. The topological polar surface area (TPSA) is 252 Å². The lowest BCUT2D eigenvalue weighted by Crippen LogP contribution is -2.64. The van der Waals surface area contributed by atoms with Gasteiger partial charge in [0.25, 0.3) is 0 Å². The fourth-order valence-electron chi connectivity index (χ4n) is 7.68.